The van der Waals surface area contributed by atoms with Crippen molar-refractivity contribution in [2.24, 2.45) is 0 Å². The highest BCUT2D eigenvalue weighted by Gasteiger charge is 2.22. The Morgan fingerprint density at radius 2 is 2.29 bits per heavy atom. The molecule has 0 saturated carbocycles. The van der Waals surface area contributed by atoms with Gasteiger partial charge in [0.15, 0.2) is 11.4 Å². The Morgan fingerprint density at radius 1 is 1.38 bits per heavy atom. The Kier molecular flexibility index (Phi) is 2.97. The normalized spacial score (nSPS) is 19.5. The maximum Gasteiger partial charge on any atom is 0.196 e. The van der Waals surface area contributed by atoms with Crippen LogP contribution in [-0.4, -0.2) is 35.6 Å². The molecule has 4 rings (SSSR count). The lowest BCUT2D eigenvalue weighted by atomic mass is 10.2. The molecular formula is C15H15ClN4O. The molecule has 1 aromatic carbocycles. The van der Waals surface area contributed by atoms with Crippen LogP contribution in [-0.2, 0) is 0 Å². The molecular weight excluding hydrogens is 288 g/mol. The second-order valence-corrected chi connectivity index (χ2v) is 5.86. The molecule has 5 nitrogen and oxygen atoms in total. The lowest BCUT2D eigenvalue weighted by Gasteiger charge is -2.32. The predicted molar refractivity (Wildman–Crippen MR) is 84.0 cm³/mol. The van der Waals surface area contributed by atoms with Gasteiger partial charge < -0.3 is 14.6 Å². The van der Waals surface area contributed by atoms with Crippen LogP contribution in [0.3, 0.4) is 0 Å². The number of fused-ring (bicyclic) bond motifs is 3. The Morgan fingerprint density at radius 3 is 3.14 bits per heavy atom. The van der Waals surface area contributed by atoms with Gasteiger partial charge in [-0.15, -0.1) is 0 Å². The fraction of sp³-hybridized carbons (Fsp3) is 0.333. The second-order valence-electron chi connectivity index (χ2n) is 5.42. The predicted octanol–water partition coefficient (Wildman–Crippen LogP) is 2.83. The van der Waals surface area contributed by atoms with Crippen LogP contribution < -0.4 is 10.2 Å². The molecule has 108 valence electrons. The lowest BCUT2D eigenvalue weighted by Crippen LogP contribution is -2.49. The number of hydrogen-bond acceptors (Lipinski definition) is 5. The minimum Gasteiger partial charge on any atom is -0.450 e. The highest BCUT2D eigenvalue weighted by molar-refractivity contribution is 6.31. The molecule has 1 aliphatic heterocycles. The zero-order chi connectivity index (χ0) is 14.4. The molecule has 21 heavy (non-hydrogen) atoms. The summed E-state index contributed by atoms with van der Waals surface area (Å²) < 4.78 is 5.98. The number of benzene rings is 1. The smallest absolute Gasteiger partial charge is 0.196 e. The second kappa shape index (κ2) is 4.86. The number of halogens is 1. The van der Waals surface area contributed by atoms with Crippen molar-refractivity contribution >= 4 is 39.5 Å². The number of anilines is 1. The van der Waals surface area contributed by atoms with Gasteiger partial charge in [-0.1, -0.05) is 11.6 Å². The Balaban J connectivity index is 1.91. The third-order valence-corrected chi connectivity index (χ3v) is 4.10. The van der Waals surface area contributed by atoms with E-state index in [-0.39, 0.29) is 0 Å². The summed E-state index contributed by atoms with van der Waals surface area (Å²) in [5.41, 5.74) is 2.35. The van der Waals surface area contributed by atoms with E-state index in [0.717, 1.165) is 47.5 Å². The van der Waals surface area contributed by atoms with Crippen LogP contribution in [0.25, 0.3) is 22.1 Å². The average Bonchev–Trinajstić information content (AvgIpc) is 2.85. The summed E-state index contributed by atoms with van der Waals surface area (Å²) in [5.74, 6) is 0.862. The zero-order valence-electron chi connectivity index (χ0n) is 11.6. The van der Waals surface area contributed by atoms with Crippen molar-refractivity contribution in [2.45, 2.75) is 13.0 Å². The van der Waals surface area contributed by atoms with E-state index in [0.29, 0.717) is 11.1 Å². The molecule has 3 heterocycles. The largest absolute Gasteiger partial charge is 0.450 e. The number of hydrogen-bond donors (Lipinski definition) is 1. The maximum atomic E-state index is 6.08. The van der Waals surface area contributed by atoms with Gasteiger partial charge in [-0.25, -0.2) is 9.97 Å². The topological polar surface area (TPSA) is 54.2 Å². The molecule has 1 aliphatic rings. The highest BCUT2D eigenvalue weighted by Crippen LogP contribution is 2.33. The van der Waals surface area contributed by atoms with Crippen LogP contribution in [0, 0.1) is 0 Å². The van der Waals surface area contributed by atoms with Gasteiger partial charge >= 0.3 is 0 Å². The van der Waals surface area contributed by atoms with E-state index in [1.54, 1.807) is 6.33 Å². The van der Waals surface area contributed by atoms with E-state index >= 15 is 0 Å². The molecule has 3 aromatic rings. The van der Waals surface area contributed by atoms with Gasteiger partial charge in [0.2, 0.25) is 0 Å². The van der Waals surface area contributed by atoms with Gasteiger partial charge in [0.1, 0.15) is 17.4 Å². The fourth-order valence-corrected chi connectivity index (χ4v) is 3.06. The molecule has 0 spiro atoms. The third-order valence-electron chi connectivity index (χ3n) is 3.86. The maximum absolute atomic E-state index is 6.08. The molecule has 0 bridgehead atoms. The monoisotopic (exact) mass is 302 g/mol. The van der Waals surface area contributed by atoms with Crippen LogP contribution in [0.5, 0.6) is 0 Å². The molecule has 0 amide bonds. The highest BCUT2D eigenvalue weighted by atomic mass is 35.5. The quantitative estimate of drug-likeness (QED) is 0.749. The molecule has 1 saturated heterocycles. The summed E-state index contributed by atoms with van der Waals surface area (Å²) in [5, 5.41) is 5.05. The van der Waals surface area contributed by atoms with Crippen LogP contribution in [0.4, 0.5) is 5.82 Å². The summed E-state index contributed by atoms with van der Waals surface area (Å²) in [6, 6.07) is 6.03. The minimum absolute atomic E-state index is 0.433. The molecule has 0 radical (unpaired) electrons. The molecule has 1 N–H and O–H groups in total. The van der Waals surface area contributed by atoms with E-state index in [9.17, 15) is 0 Å². The van der Waals surface area contributed by atoms with Gasteiger partial charge in [0, 0.05) is 36.1 Å². The van der Waals surface area contributed by atoms with E-state index in [1.807, 2.05) is 18.2 Å². The third kappa shape index (κ3) is 2.13. The summed E-state index contributed by atoms with van der Waals surface area (Å²) in [7, 11) is 0. The van der Waals surface area contributed by atoms with Gasteiger partial charge in [-0.2, -0.15) is 0 Å². The first-order chi connectivity index (χ1) is 10.2. The van der Waals surface area contributed by atoms with Crippen LogP contribution in [0.2, 0.25) is 5.02 Å². The molecule has 0 unspecified atom stereocenters. The van der Waals surface area contributed by atoms with Gasteiger partial charge in [-0.3, -0.25) is 0 Å². The van der Waals surface area contributed by atoms with Crippen LogP contribution >= 0.6 is 11.6 Å². The van der Waals surface area contributed by atoms with Crippen molar-refractivity contribution in [3.63, 3.8) is 0 Å². The number of aromatic nitrogens is 2. The molecule has 1 fully saturated rings. The fourth-order valence-electron chi connectivity index (χ4n) is 2.89. The Hall–Kier alpha value is -1.85. The SMILES string of the molecule is C[C@@H]1CN(c2ncnc3c2oc2ccc(Cl)cc23)CCN1. The van der Waals surface area contributed by atoms with Crippen molar-refractivity contribution in [3.8, 4) is 0 Å². The van der Waals surface area contributed by atoms with E-state index in [1.165, 1.54) is 0 Å². The van der Waals surface area contributed by atoms with Crippen LogP contribution in [0.1, 0.15) is 6.92 Å². The van der Waals surface area contributed by atoms with Crippen molar-refractivity contribution in [2.75, 3.05) is 24.5 Å². The number of rotatable bonds is 1. The molecule has 6 heteroatoms. The van der Waals surface area contributed by atoms with Gasteiger partial charge in [0.25, 0.3) is 0 Å². The molecule has 1 atom stereocenters. The van der Waals surface area contributed by atoms with E-state index in [4.69, 9.17) is 16.0 Å². The van der Waals surface area contributed by atoms with E-state index < -0.39 is 0 Å². The Labute approximate surface area is 126 Å². The number of nitrogens with one attached hydrogen (secondary N) is 1. The Bertz CT molecular complexity index is 816. The lowest BCUT2D eigenvalue weighted by molar-refractivity contribution is 0.481. The van der Waals surface area contributed by atoms with Crippen molar-refractivity contribution in [3.05, 3.63) is 29.5 Å². The molecule has 2 aromatic heterocycles. The first kappa shape index (κ1) is 12.9. The van der Waals surface area contributed by atoms with Crippen molar-refractivity contribution in [1.29, 1.82) is 0 Å². The first-order valence-corrected chi connectivity index (χ1v) is 7.41. The van der Waals surface area contributed by atoms with Crippen molar-refractivity contribution in [1.82, 2.24) is 15.3 Å². The van der Waals surface area contributed by atoms with Crippen molar-refractivity contribution < 1.29 is 4.42 Å². The molecule has 0 aliphatic carbocycles. The number of piperazine rings is 1. The number of nitrogens with zero attached hydrogens (tertiary/aromatic N) is 3. The van der Waals surface area contributed by atoms with Crippen LogP contribution in [0.15, 0.2) is 28.9 Å². The first-order valence-electron chi connectivity index (χ1n) is 7.03. The minimum atomic E-state index is 0.433. The van der Waals surface area contributed by atoms with E-state index in [2.05, 4.69) is 27.1 Å². The standard InChI is InChI=1S/C15H15ClN4O/c1-9-7-20(5-4-17-9)15-14-13(18-8-19-15)11-6-10(16)2-3-12(11)21-14/h2-3,6,8-9,17H,4-5,7H2,1H3/t9-/m1/s1. The number of furan rings is 1. The summed E-state index contributed by atoms with van der Waals surface area (Å²) in [6.07, 6.45) is 1.60. The summed E-state index contributed by atoms with van der Waals surface area (Å²) in [4.78, 5) is 11.1. The average molecular weight is 303 g/mol. The summed E-state index contributed by atoms with van der Waals surface area (Å²) >= 11 is 6.08. The van der Waals surface area contributed by atoms with Gasteiger partial charge in [0.05, 0.1) is 0 Å². The zero-order valence-corrected chi connectivity index (χ0v) is 12.4. The van der Waals surface area contributed by atoms with Gasteiger partial charge in [-0.05, 0) is 25.1 Å². The summed E-state index contributed by atoms with van der Waals surface area (Å²) in [6.45, 7) is 4.93.